The fraction of sp³-hybridized carbons (Fsp3) is 0.389. The second-order valence-corrected chi connectivity index (χ2v) is 5.74. The van der Waals surface area contributed by atoms with Crippen molar-refractivity contribution < 1.29 is 14.6 Å². The number of fused-ring (bicyclic) bond motifs is 1. The van der Waals surface area contributed by atoms with Crippen LogP contribution in [0.3, 0.4) is 0 Å². The molecule has 0 aliphatic carbocycles. The Labute approximate surface area is 130 Å². The normalized spacial score (nSPS) is 15.8. The van der Waals surface area contributed by atoms with Crippen LogP contribution in [-0.4, -0.2) is 42.2 Å². The number of likely N-dealkylation sites (tertiary alicyclic amines) is 1. The second kappa shape index (κ2) is 6.79. The molecule has 1 saturated heterocycles. The number of carboxylic acids is 1. The van der Waals surface area contributed by atoms with Crippen molar-refractivity contribution in [1.29, 1.82) is 0 Å². The predicted molar refractivity (Wildman–Crippen MR) is 86.7 cm³/mol. The summed E-state index contributed by atoms with van der Waals surface area (Å²) in [6, 6.07) is 10.9. The summed E-state index contributed by atoms with van der Waals surface area (Å²) in [5.74, 6) is -0.101. The van der Waals surface area contributed by atoms with Crippen molar-refractivity contribution >= 4 is 16.7 Å². The molecule has 0 aromatic heterocycles. The summed E-state index contributed by atoms with van der Waals surface area (Å²) in [4.78, 5) is 13.6. The van der Waals surface area contributed by atoms with Gasteiger partial charge in [0.1, 0.15) is 12.4 Å². The van der Waals surface area contributed by atoms with Gasteiger partial charge in [0.25, 0.3) is 0 Å². The largest absolute Gasteiger partial charge is 0.492 e. The van der Waals surface area contributed by atoms with Crippen molar-refractivity contribution in [2.24, 2.45) is 0 Å². The van der Waals surface area contributed by atoms with Crippen molar-refractivity contribution in [3.63, 3.8) is 0 Å². The summed E-state index contributed by atoms with van der Waals surface area (Å²) in [5, 5.41) is 10.8. The average molecular weight is 299 g/mol. The molecule has 116 valence electrons. The number of hydrogen-bond donors (Lipinski definition) is 1. The molecule has 1 heterocycles. The lowest BCUT2D eigenvalue weighted by atomic mass is 10.0. The zero-order valence-corrected chi connectivity index (χ0v) is 12.6. The van der Waals surface area contributed by atoms with E-state index in [1.165, 1.54) is 32.4 Å². The standard InChI is InChI=1S/C18H21NO3/c20-18(21)17-6-4-5-14-13-15(7-8-16(14)17)22-12-11-19-9-2-1-3-10-19/h4-8,13H,1-3,9-12H2,(H,20,21). The first-order valence-corrected chi connectivity index (χ1v) is 7.85. The zero-order chi connectivity index (χ0) is 15.4. The minimum absolute atomic E-state index is 0.331. The van der Waals surface area contributed by atoms with Crippen LogP contribution in [0, 0.1) is 0 Å². The van der Waals surface area contributed by atoms with Crippen molar-refractivity contribution in [2.45, 2.75) is 19.3 Å². The van der Waals surface area contributed by atoms with E-state index in [1.54, 1.807) is 12.1 Å². The van der Waals surface area contributed by atoms with Crippen molar-refractivity contribution in [1.82, 2.24) is 4.90 Å². The van der Waals surface area contributed by atoms with Crippen molar-refractivity contribution in [3.8, 4) is 5.75 Å². The number of rotatable bonds is 5. The number of nitrogens with zero attached hydrogens (tertiary/aromatic N) is 1. The summed E-state index contributed by atoms with van der Waals surface area (Å²) in [5.41, 5.74) is 0.331. The lowest BCUT2D eigenvalue weighted by molar-refractivity contribution is 0.0699. The van der Waals surface area contributed by atoms with Gasteiger partial charge in [-0.1, -0.05) is 18.6 Å². The number of carboxylic acid groups (broad SMARTS) is 1. The lowest BCUT2D eigenvalue weighted by Crippen LogP contribution is -2.33. The van der Waals surface area contributed by atoms with Crippen molar-refractivity contribution in [3.05, 3.63) is 42.0 Å². The van der Waals surface area contributed by atoms with Crippen LogP contribution >= 0.6 is 0 Å². The number of carbonyl (C=O) groups is 1. The van der Waals surface area contributed by atoms with Gasteiger partial charge in [-0.25, -0.2) is 4.79 Å². The highest BCUT2D eigenvalue weighted by Gasteiger charge is 2.10. The Morgan fingerprint density at radius 3 is 2.73 bits per heavy atom. The Morgan fingerprint density at radius 1 is 1.14 bits per heavy atom. The van der Waals surface area contributed by atoms with Gasteiger partial charge in [-0.05, 0) is 61.0 Å². The molecule has 1 aliphatic heterocycles. The van der Waals surface area contributed by atoms with Crippen LogP contribution in [0.1, 0.15) is 29.6 Å². The maximum atomic E-state index is 11.2. The van der Waals surface area contributed by atoms with Crippen LogP contribution < -0.4 is 4.74 Å². The van der Waals surface area contributed by atoms with Gasteiger partial charge in [-0.2, -0.15) is 0 Å². The summed E-state index contributed by atoms with van der Waals surface area (Å²) >= 11 is 0. The molecular formula is C18H21NO3. The van der Waals surface area contributed by atoms with Gasteiger partial charge in [-0.3, -0.25) is 4.90 Å². The third-order valence-corrected chi connectivity index (χ3v) is 4.21. The molecule has 3 rings (SSSR count). The SMILES string of the molecule is O=C(O)c1cccc2cc(OCCN3CCCCC3)ccc12. The minimum Gasteiger partial charge on any atom is -0.492 e. The van der Waals surface area contributed by atoms with Crippen LogP contribution in [0.15, 0.2) is 36.4 Å². The molecule has 0 amide bonds. The molecule has 0 spiro atoms. The molecule has 0 radical (unpaired) electrons. The van der Waals surface area contributed by atoms with Gasteiger partial charge >= 0.3 is 5.97 Å². The number of piperidine rings is 1. The second-order valence-electron chi connectivity index (χ2n) is 5.74. The van der Waals surface area contributed by atoms with E-state index in [2.05, 4.69) is 4.90 Å². The van der Waals surface area contributed by atoms with Crippen LogP contribution in [0.4, 0.5) is 0 Å². The first-order chi connectivity index (χ1) is 10.7. The van der Waals surface area contributed by atoms with Gasteiger partial charge in [0.05, 0.1) is 5.56 Å². The molecular weight excluding hydrogens is 278 g/mol. The first-order valence-electron chi connectivity index (χ1n) is 7.85. The highest BCUT2D eigenvalue weighted by Crippen LogP contribution is 2.24. The van der Waals surface area contributed by atoms with Crippen LogP contribution in [0.2, 0.25) is 0 Å². The number of aromatic carboxylic acids is 1. The molecule has 0 unspecified atom stereocenters. The molecule has 22 heavy (non-hydrogen) atoms. The zero-order valence-electron chi connectivity index (χ0n) is 12.6. The monoisotopic (exact) mass is 299 g/mol. The Hall–Kier alpha value is -2.07. The van der Waals surface area contributed by atoms with Crippen molar-refractivity contribution in [2.75, 3.05) is 26.2 Å². The topological polar surface area (TPSA) is 49.8 Å². The van der Waals surface area contributed by atoms with Gasteiger partial charge in [0, 0.05) is 6.54 Å². The molecule has 0 saturated carbocycles. The molecule has 2 aromatic carbocycles. The third kappa shape index (κ3) is 3.39. The summed E-state index contributed by atoms with van der Waals surface area (Å²) < 4.78 is 5.83. The summed E-state index contributed by atoms with van der Waals surface area (Å²) in [7, 11) is 0. The Kier molecular flexibility index (Phi) is 4.59. The van der Waals surface area contributed by atoms with E-state index in [9.17, 15) is 9.90 Å². The van der Waals surface area contributed by atoms with E-state index in [1.807, 2.05) is 24.3 Å². The molecule has 1 N–H and O–H groups in total. The smallest absolute Gasteiger partial charge is 0.336 e. The van der Waals surface area contributed by atoms with E-state index in [0.29, 0.717) is 12.2 Å². The fourth-order valence-corrected chi connectivity index (χ4v) is 3.01. The van der Waals surface area contributed by atoms with E-state index < -0.39 is 5.97 Å². The van der Waals surface area contributed by atoms with Gasteiger partial charge in [-0.15, -0.1) is 0 Å². The van der Waals surface area contributed by atoms with E-state index in [4.69, 9.17) is 4.74 Å². The summed E-state index contributed by atoms with van der Waals surface area (Å²) in [6.07, 6.45) is 3.91. The van der Waals surface area contributed by atoms with E-state index >= 15 is 0 Å². The third-order valence-electron chi connectivity index (χ3n) is 4.21. The molecule has 1 aliphatic rings. The number of benzene rings is 2. The Morgan fingerprint density at radius 2 is 1.95 bits per heavy atom. The number of hydrogen-bond acceptors (Lipinski definition) is 3. The van der Waals surface area contributed by atoms with Crippen LogP contribution in [0.5, 0.6) is 5.75 Å². The summed E-state index contributed by atoms with van der Waals surface area (Å²) in [6.45, 7) is 3.96. The fourth-order valence-electron chi connectivity index (χ4n) is 3.01. The molecule has 4 nitrogen and oxygen atoms in total. The van der Waals surface area contributed by atoms with Crippen LogP contribution in [-0.2, 0) is 0 Å². The lowest BCUT2D eigenvalue weighted by Gasteiger charge is -2.26. The molecule has 1 fully saturated rings. The highest BCUT2D eigenvalue weighted by molar-refractivity contribution is 6.03. The molecule has 2 aromatic rings. The van der Waals surface area contributed by atoms with Gasteiger partial charge in [0.15, 0.2) is 0 Å². The average Bonchev–Trinajstić information content (AvgIpc) is 2.55. The quantitative estimate of drug-likeness (QED) is 0.919. The molecule has 0 atom stereocenters. The number of ether oxygens (including phenoxy) is 1. The van der Waals surface area contributed by atoms with Gasteiger partial charge < -0.3 is 9.84 Å². The predicted octanol–water partition coefficient (Wildman–Crippen LogP) is 3.40. The first kappa shape index (κ1) is 14.9. The Bertz CT molecular complexity index is 662. The van der Waals surface area contributed by atoms with Crippen LogP contribution in [0.25, 0.3) is 10.8 Å². The van der Waals surface area contributed by atoms with Gasteiger partial charge in [0.2, 0.25) is 0 Å². The van der Waals surface area contributed by atoms with E-state index in [-0.39, 0.29) is 0 Å². The maximum absolute atomic E-state index is 11.2. The van der Waals surface area contributed by atoms with E-state index in [0.717, 1.165) is 23.1 Å². The highest BCUT2D eigenvalue weighted by atomic mass is 16.5. The minimum atomic E-state index is -0.899. The molecule has 0 bridgehead atoms. The molecule has 4 heteroatoms. The maximum Gasteiger partial charge on any atom is 0.336 e. The Balaban J connectivity index is 1.66.